The van der Waals surface area contributed by atoms with Gasteiger partial charge in [-0.1, -0.05) is 20.8 Å². The van der Waals surface area contributed by atoms with Gasteiger partial charge in [-0.2, -0.15) is 0 Å². The summed E-state index contributed by atoms with van der Waals surface area (Å²) >= 11 is 0. The van der Waals surface area contributed by atoms with E-state index in [9.17, 15) is 5.11 Å². The minimum absolute atomic E-state index is 0.199. The molecule has 0 aromatic heterocycles. The Kier molecular flexibility index (Phi) is 1.26. The molecule has 0 amide bonds. The third kappa shape index (κ3) is 0.658. The van der Waals surface area contributed by atoms with Crippen molar-refractivity contribution in [1.82, 2.24) is 0 Å². The Labute approximate surface area is 68.8 Å². The highest BCUT2D eigenvalue weighted by molar-refractivity contribution is 5.13. The zero-order valence-corrected chi connectivity index (χ0v) is 7.72. The lowest BCUT2D eigenvalue weighted by molar-refractivity contribution is -0.251. The zero-order valence-electron chi connectivity index (χ0n) is 7.72. The van der Waals surface area contributed by atoms with Crippen LogP contribution in [-0.4, -0.2) is 10.7 Å². The van der Waals surface area contributed by atoms with Crippen LogP contribution < -0.4 is 0 Å². The van der Waals surface area contributed by atoms with Crippen LogP contribution in [0.5, 0.6) is 0 Å². The van der Waals surface area contributed by atoms with Gasteiger partial charge in [0, 0.05) is 0 Å². The standard InChI is InChI=1S/C10H18O/c1-7-4-5-8-6-10(7,11)9(8,2)3/h7-8,11H,4-6H2,1-3H3/t7?,8?,10-/m1/s1. The fourth-order valence-corrected chi connectivity index (χ4v) is 3.11. The maximum Gasteiger partial charge on any atom is 0.0729 e. The number of rotatable bonds is 0. The molecule has 0 heterocycles. The third-order valence-electron chi connectivity index (χ3n) is 4.46. The number of aliphatic hydroxyl groups is 1. The summed E-state index contributed by atoms with van der Waals surface area (Å²) in [7, 11) is 0. The van der Waals surface area contributed by atoms with Crippen molar-refractivity contribution in [3.63, 3.8) is 0 Å². The quantitative estimate of drug-likeness (QED) is 0.567. The average Bonchev–Trinajstić information content (AvgIpc) is 1.94. The van der Waals surface area contributed by atoms with Crippen LogP contribution in [0.15, 0.2) is 0 Å². The summed E-state index contributed by atoms with van der Waals surface area (Å²) < 4.78 is 0. The summed E-state index contributed by atoms with van der Waals surface area (Å²) in [6, 6.07) is 0. The molecule has 1 N–H and O–H groups in total. The van der Waals surface area contributed by atoms with Crippen LogP contribution in [0.4, 0.5) is 0 Å². The largest absolute Gasteiger partial charge is 0.389 e. The summed E-state index contributed by atoms with van der Waals surface area (Å²) in [5.74, 6) is 1.31. The molecule has 11 heavy (non-hydrogen) atoms. The molecule has 0 aromatic rings. The van der Waals surface area contributed by atoms with Crippen LogP contribution in [0, 0.1) is 17.3 Å². The summed E-state index contributed by atoms with van der Waals surface area (Å²) in [6.07, 6.45) is 3.61. The fourth-order valence-electron chi connectivity index (χ4n) is 3.11. The molecular formula is C10H18O. The third-order valence-corrected chi connectivity index (χ3v) is 4.46. The predicted molar refractivity (Wildman–Crippen MR) is 45.2 cm³/mol. The van der Waals surface area contributed by atoms with Crippen molar-refractivity contribution in [3.05, 3.63) is 0 Å². The van der Waals surface area contributed by atoms with Gasteiger partial charge in [0.2, 0.25) is 0 Å². The Hall–Kier alpha value is -0.0400. The molecular weight excluding hydrogens is 136 g/mol. The van der Waals surface area contributed by atoms with Crippen LogP contribution in [0.3, 0.4) is 0 Å². The minimum atomic E-state index is -0.323. The molecule has 0 aromatic carbocycles. The summed E-state index contributed by atoms with van der Waals surface area (Å²) in [6.45, 7) is 6.63. The van der Waals surface area contributed by atoms with Crippen molar-refractivity contribution >= 4 is 0 Å². The maximum atomic E-state index is 10.2. The van der Waals surface area contributed by atoms with E-state index in [0.29, 0.717) is 5.92 Å². The molecule has 3 aliphatic rings. The van der Waals surface area contributed by atoms with Crippen molar-refractivity contribution in [2.45, 2.75) is 45.6 Å². The van der Waals surface area contributed by atoms with Crippen LogP contribution >= 0.6 is 0 Å². The van der Waals surface area contributed by atoms with Crippen molar-refractivity contribution in [3.8, 4) is 0 Å². The second kappa shape index (κ2) is 1.82. The molecule has 2 unspecified atom stereocenters. The van der Waals surface area contributed by atoms with Gasteiger partial charge in [0.15, 0.2) is 0 Å². The van der Waals surface area contributed by atoms with E-state index in [1.54, 1.807) is 0 Å². The van der Waals surface area contributed by atoms with Crippen LogP contribution in [0.1, 0.15) is 40.0 Å². The molecule has 2 bridgehead atoms. The van der Waals surface area contributed by atoms with Crippen LogP contribution in [0.2, 0.25) is 0 Å². The van der Waals surface area contributed by atoms with Crippen molar-refractivity contribution in [2.75, 3.05) is 0 Å². The monoisotopic (exact) mass is 154 g/mol. The highest BCUT2D eigenvalue weighted by atomic mass is 16.3. The molecule has 3 saturated carbocycles. The second-order valence-corrected chi connectivity index (χ2v) is 5.03. The highest BCUT2D eigenvalue weighted by Gasteiger charge is 2.63. The SMILES string of the molecule is CC1CCC2C[C@]1(O)C2(C)C. The lowest BCUT2D eigenvalue weighted by Gasteiger charge is -2.65. The summed E-state index contributed by atoms with van der Waals surface area (Å²) in [5.41, 5.74) is -0.124. The van der Waals surface area contributed by atoms with Crippen LogP contribution in [0.25, 0.3) is 0 Å². The molecule has 0 aliphatic heterocycles. The highest BCUT2D eigenvalue weighted by Crippen LogP contribution is 2.63. The van der Waals surface area contributed by atoms with Gasteiger partial charge >= 0.3 is 0 Å². The predicted octanol–water partition coefficient (Wildman–Crippen LogP) is 2.19. The van der Waals surface area contributed by atoms with E-state index in [0.717, 1.165) is 12.3 Å². The molecule has 1 heteroatoms. The first-order valence-electron chi connectivity index (χ1n) is 4.71. The average molecular weight is 154 g/mol. The Morgan fingerprint density at radius 2 is 1.91 bits per heavy atom. The van der Waals surface area contributed by atoms with Gasteiger partial charge in [0.1, 0.15) is 0 Å². The number of fused-ring (bicyclic) bond motifs is 2. The molecule has 3 atom stereocenters. The van der Waals surface area contributed by atoms with E-state index < -0.39 is 0 Å². The van der Waals surface area contributed by atoms with Crippen molar-refractivity contribution in [2.24, 2.45) is 17.3 Å². The van der Waals surface area contributed by atoms with Gasteiger partial charge in [-0.25, -0.2) is 0 Å². The zero-order chi connectivity index (χ0) is 8.28. The Morgan fingerprint density at radius 3 is 2.27 bits per heavy atom. The lowest BCUT2D eigenvalue weighted by Crippen LogP contribution is -2.66. The molecule has 3 aliphatic carbocycles. The Morgan fingerprint density at radius 1 is 1.27 bits per heavy atom. The summed E-state index contributed by atoms with van der Waals surface area (Å²) in [4.78, 5) is 0. The first-order chi connectivity index (χ1) is 4.98. The molecule has 0 radical (unpaired) electrons. The van der Waals surface area contributed by atoms with Gasteiger partial charge in [-0.05, 0) is 36.5 Å². The van der Waals surface area contributed by atoms with Crippen molar-refractivity contribution in [1.29, 1.82) is 0 Å². The fraction of sp³-hybridized carbons (Fsp3) is 1.00. The maximum absolute atomic E-state index is 10.2. The summed E-state index contributed by atoms with van der Waals surface area (Å²) in [5, 5.41) is 10.2. The second-order valence-electron chi connectivity index (χ2n) is 5.03. The van der Waals surface area contributed by atoms with E-state index in [1.165, 1.54) is 12.8 Å². The van der Waals surface area contributed by atoms with Gasteiger partial charge in [-0.15, -0.1) is 0 Å². The van der Waals surface area contributed by atoms with E-state index in [4.69, 9.17) is 0 Å². The van der Waals surface area contributed by atoms with Gasteiger partial charge in [-0.3, -0.25) is 0 Å². The Balaban J connectivity index is 2.28. The van der Waals surface area contributed by atoms with E-state index >= 15 is 0 Å². The molecule has 3 fully saturated rings. The van der Waals surface area contributed by atoms with E-state index in [-0.39, 0.29) is 11.0 Å². The first kappa shape index (κ1) is 7.60. The normalized spacial score (nSPS) is 53.5. The van der Waals surface area contributed by atoms with E-state index in [1.807, 2.05) is 0 Å². The van der Waals surface area contributed by atoms with Gasteiger partial charge in [0.05, 0.1) is 5.60 Å². The van der Waals surface area contributed by atoms with Crippen molar-refractivity contribution < 1.29 is 5.11 Å². The van der Waals surface area contributed by atoms with E-state index in [2.05, 4.69) is 20.8 Å². The molecule has 1 nitrogen and oxygen atoms in total. The smallest absolute Gasteiger partial charge is 0.0729 e. The molecule has 0 spiro atoms. The minimum Gasteiger partial charge on any atom is -0.389 e. The van der Waals surface area contributed by atoms with Gasteiger partial charge in [0.25, 0.3) is 0 Å². The molecule has 0 saturated heterocycles. The topological polar surface area (TPSA) is 20.2 Å². The Bertz CT molecular complexity index is 185. The number of hydrogen-bond acceptors (Lipinski definition) is 1. The van der Waals surface area contributed by atoms with Crippen LogP contribution in [-0.2, 0) is 0 Å². The van der Waals surface area contributed by atoms with Gasteiger partial charge < -0.3 is 5.11 Å². The molecule has 64 valence electrons. The lowest BCUT2D eigenvalue weighted by atomic mass is 9.43. The molecule has 3 rings (SSSR count). The first-order valence-corrected chi connectivity index (χ1v) is 4.71. The number of hydrogen-bond donors (Lipinski definition) is 1.